The van der Waals surface area contributed by atoms with E-state index in [1.54, 1.807) is 4.68 Å². The lowest BCUT2D eigenvalue weighted by molar-refractivity contribution is 0.0926. The van der Waals surface area contributed by atoms with E-state index < -0.39 is 11.6 Å². The standard InChI is InChI=1S/C28H29F2N3O/c1-2-23(18-6-4-3-5-7-18)31-28(34)26-25-19-11-16-10-17(12-19)14-20(13-16)27(25)33(32-26)24-9-8-21(29)15-22(24)30/h3-9,15-17,19-20,23H,2,10-14H2,1H3,(H,31,34)/t16?,17?,19?,20?,23-/m0/s1. The van der Waals surface area contributed by atoms with Crippen LogP contribution in [0.5, 0.6) is 0 Å². The first-order chi connectivity index (χ1) is 16.5. The number of benzene rings is 2. The SMILES string of the molecule is CC[C@H](NC(=O)c1nn(-c2ccc(F)cc2F)c2c1C1CC3CC(C1)CC2C3)c1ccccc1. The van der Waals surface area contributed by atoms with E-state index in [1.165, 1.54) is 18.6 Å². The summed E-state index contributed by atoms with van der Waals surface area (Å²) in [5.74, 6) is 0.314. The molecular formula is C28H29F2N3O. The average Bonchev–Trinajstić information content (AvgIpc) is 3.14. The van der Waals surface area contributed by atoms with Crippen molar-refractivity contribution in [1.82, 2.24) is 15.1 Å². The van der Waals surface area contributed by atoms with Gasteiger partial charge in [0.1, 0.15) is 11.5 Å². The second-order valence-electron chi connectivity index (χ2n) is 10.3. The minimum Gasteiger partial charge on any atom is -0.344 e. The van der Waals surface area contributed by atoms with E-state index in [1.807, 2.05) is 37.3 Å². The van der Waals surface area contributed by atoms with Crippen LogP contribution < -0.4 is 5.32 Å². The van der Waals surface area contributed by atoms with Crippen molar-refractivity contribution in [2.75, 3.05) is 0 Å². The van der Waals surface area contributed by atoms with Gasteiger partial charge in [0.2, 0.25) is 0 Å². The Labute approximate surface area is 198 Å². The number of rotatable bonds is 5. The number of halogens is 2. The van der Waals surface area contributed by atoms with Gasteiger partial charge in [-0.05, 0) is 74.0 Å². The highest BCUT2D eigenvalue weighted by Gasteiger charge is 2.46. The molecule has 1 N–H and O–H groups in total. The highest BCUT2D eigenvalue weighted by Crippen LogP contribution is 2.57. The Balaban J connectivity index is 1.46. The van der Waals surface area contributed by atoms with Gasteiger partial charge in [0.05, 0.1) is 11.7 Å². The Hall–Kier alpha value is -3.02. The van der Waals surface area contributed by atoms with Crippen LogP contribution in [0.15, 0.2) is 48.5 Å². The van der Waals surface area contributed by atoms with Crippen LogP contribution in [-0.4, -0.2) is 15.7 Å². The average molecular weight is 462 g/mol. The Bertz CT molecular complexity index is 1220. The van der Waals surface area contributed by atoms with Crippen LogP contribution in [0.4, 0.5) is 8.78 Å². The molecule has 34 heavy (non-hydrogen) atoms. The summed E-state index contributed by atoms with van der Waals surface area (Å²) >= 11 is 0. The Morgan fingerprint density at radius 3 is 2.41 bits per heavy atom. The fourth-order valence-corrected chi connectivity index (χ4v) is 6.89. The van der Waals surface area contributed by atoms with Crippen LogP contribution in [0.1, 0.15) is 90.6 Å². The monoisotopic (exact) mass is 461 g/mol. The molecule has 2 unspecified atom stereocenters. The molecule has 0 saturated heterocycles. The van der Waals surface area contributed by atoms with Gasteiger partial charge in [-0.15, -0.1) is 0 Å². The van der Waals surface area contributed by atoms with E-state index >= 15 is 0 Å². The van der Waals surface area contributed by atoms with Crippen molar-refractivity contribution in [2.45, 2.75) is 63.3 Å². The van der Waals surface area contributed by atoms with E-state index in [2.05, 4.69) is 5.32 Å². The molecule has 0 radical (unpaired) electrons. The van der Waals surface area contributed by atoms with E-state index in [0.29, 0.717) is 17.5 Å². The molecule has 176 valence electrons. The Morgan fingerprint density at radius 1 is 1.03 bits per heavy atom. The maximum atomic E-state index is 14.9. The second-order valence-corrected chi connectivity index (χ2v) is 10.3. The van der Waals surface area contributed by atoms with Crippen LogP contribution in [0.3, 0.4) is 0 Å². The highest BCUT2D eigenvalue weighted by molar-refractivity contribution is 5.94. The van der Waals surface area contributed by atoms with Crippen molar-refractivity contribution in [3.63, 3.8) is 0 Å². The van der Waals surface area contributed by atoms with Gasteiger partial charge in [-0.25, -0.2) is 13.5 Å². The molecule has 2 aromatic carbocycles. The Kier molecular flexibility index (Phi) is 5.27. The lowest BCUT2D eigenvalue weighted by Gasteiger charge is -2.38. The van der Waals surface area contributed by atoms with Crippen molar-refractivity contribution in [2.24, 2.45) is 11.8 Å². The number of carbonyl (C=O) groups excluding carboxylic acids is 1. The zero-order valence-electron chi connectivity index (χ0n) is 19.3. The van der Waals surface area contributed by atoms with Gasteiger partial charge in [0.15, 0.2) is 11.5 Å². The molecule has 7 rings (SSSR count). The summed E-state index contributed by atoms with van der Waals surface area (Å²) in [6.07, 6.45) is 6.24. The summed E-state index contributed by atoms with van der Waals surface area (Å²) in [6, 6.07) is 13.4. The summed E-state index contributed by atoms with van der Waals surface area (Å²) in [5, 5.41) is 7.93. The third-order valence-corrected chi connectivity index (χ3v) is 8.16. The molecule has 4 bridgehead atoms. The molecule has 1 amide bonds. The van der Waals surface area contributed by atoms with Crippen molar-refractivity contribution in [3.8, 4) is 5.69 Å². The molecule has 2 saturated carbocycles. The molecule has 4 aliphatic carbocycles. The van der Waals surface area contributed by atoms with E-state index in [0.717, 1.165) is 55.0 Å². The van der Waals surface area contributed by atoms with Gasteiger partial charge >= 0.3 is 0 Å². The quantitative estimate of drug-likeness (QED) is 0.476. The molecule has 2 fully saturated rings. The van der Waals surface area contributed by atoms with E-state index in [9.17, 15) is 13.6 Å². The van der Waals surface area contributed by atoms with E-state index in [4.69, 9.17) is 5.10 Å². The minimum atomic E-state index is -0.656. The first-order valence-corrected chi connectivity index (χ1v) is 12.5. The molecule has 1 heterocycles. The van der Waals surface area contributed by atoms with Gasteiger partial charge in [0, 0.05) is 17.5 Å². The number of carbonyl (C=O) groups is 1. The summed E-state index contributed by atoms with van der Waals surface area (Å²) in [5.41, 5.74) is 3.64. The molecular weight excluding hydrogens is 432 g/mol. The third kappa shape index (κ3) is 3.55. The van der Waals surface area contributed by atoms with Crippen LogP contribution in [0, 0.1) is 23.5 Å². The topological polar surface area (TPSA) is 46.9 Å². The third-order valence-electron chi connectivity index (χ3n) is 8.16. The zero-order chi connectivity index (χ0) is 23.4. The number of aromatic nitrogens is 2. The number of nitrogens with one attached hydrogen (secondary N) is 1. The lowest BCUT2D eigenvalue weighted by atomic mass is 9.67. The summed E-state index contributed by atoms with van der Waals surface area (Å²) in [7, 11) is 0. The summed E-state index contributed by atoms with van der Waals surface area (Å²) < 4.78 is 30.2. The first kappa shape index (κ1) is 21.5. The first-order valence-electron chi connectivity index (χ1n) is 12.5. The van der Waals surface area contributed by atoms with Crippen LogP contribution in [-0.2, 0) is 0 Å². The zero-order valence-corrected chi connectivity index (χ0v) is 19.3. The van der Waals surface area contributed by atoms with Gasteiger partial charge in [0.25, 0.3) is 5.91 Å². The molecule has 6 heteroatoms. The number of amides is 1. The molecule has 3 atom stereocenters. The van der Waals surface area contributed by atoms with Crippen LogP contribution in [0.2, 0.25) is 0 Å². The highest BCUT2D eigenvalue weighted by atomic mass is 19.1. The van der Waals surface area contributed by atoms with Crippen LogP contribution in [0.25, 0.3) is 5.69 Å². The van der Waals surface area contributed by atoms with E-state index in [-0.39, 0.29) is 29.5 Å². The molecule has 0 aliphatic heterocycles. The molecule has 0 spiro atoms. The fourth-order valence-electron chi connectivity index (χ4n) is 6.89. The number of hydrogen-bond acceptors (Lipinski definition) is 2. The molecule has 3 aromatic rings. The van der Waals surface area contributed by atoms with Gasteiger partial charge in [-0.2, -0.15) is 5.10 Å². The Morgan fingerprint density at radius 2 is 1.74 bits per heavy atom. The van der Waals surface area contributed by atoms with Gasteiger partial charge < -0.3 is 5.32 Å². The summed E-state index contributed by atoms with van der Waals surface area (Å²) in [4.78, 5) is 13.7. The smallest absolute Gasteiger partial charge is 0.272 e. The van der Waals surface area contributed by atoms with Crippen molar-refractivity contribution in [3.05, 3.63) is 82.7 Å². The maximum absolute atomic E-state index is 14.9. The van der Waals surface area contributed by atoms with Crippen molar-refractivity contribution < 1.29 is 13.6 Å². The lowest BCUT2D eigenvalue weighted by Crippen LogP contribution is -2.30. The number of nitrogens with zero attached hydrogens (tertiary/aromatic N) is 2. The van der Waals surface area contributed by atoms with Gasteiger partial charge in [-0.1, -0.05) is 37.3 Å². The molecule has 4 nitrogen and oxygen atoms in total. The van der Waals surface area contributed by atoms with Gasteiger partial charge in [-0.3, -0.25) is 4.79 Å². The molecule has 4 aliphatic rings. The minimum absolute atomic E-state index is 0.129. The second kappa shape index (κ2) is 8.33. The predicted octanol–water partition coefficient (Wildman–Crippen LogP) is 6.42. The fraction of sp³-hybridized carbons (Fsp3) is 0.429. The molecule has 1 aromatic heterocycles. The normalized spacial score (nSPS) is 25.6. The predicted molar refractivity (Wildman–Crippen MR) is 126 cm³/mol. The van der Waals surface area contributed by atoms with Crippen molar-refractivity contribution in [1.29, 1.82) is 0 Å². The largest absolute Gasteiger partial charge is 0.344 e. The maximum Gasteiger partial charge on any atom is 0.272 e. The summed E-state index contributed by atoms with van der Waals surface area (Å²) in [6.45, 7) is 2.05. The van der Waals surface area contributed by atoms with Crippen LogP contribution >= 0.6 is 0 Å². The number of hydrogen-bond donors (Lipinski definition) is 1. The van der Waals surface area contributed by atoms with Crippen molar-refractivity contribution >= 4 is 5.91 Å².